The first kappa shape index (κ1) is 10.7. The highest BCUT2D eigenvalue weighted by Gasteiger charge is 2.41. The molecular formula is C12H18O3. The number of methoxy groups -OCH3 is 1. The SMILES string of the molecule is C=C(COC)C(=O)OC1CC2CCC1C2. The maximum Gasteiger partial charge on any atom is 0.336 e. The maximum atomic E-state index is 11.6. The third-order valence-electron chi connectivity index (χ3n) is 3.54. The highest BCUT2D eigenvalue weighted by atomic mass is 16.5. The van der Waals surface area contributed by atoms with Crippen LogP contribution in [0.5, 0.6) is 0 Å². The molecular weight excluding hydrogens is 192 g/mol. The number of fused-ring (bicyclic) bond motifs is 2. The molecule has 84 valence electrons. The van der Waals surface area contributed by atoms with E-state index < -0.39 is 0 Å². The van der Waals surface area contributed by atoms with Gasteiger partial charge in [0.25, 0.3) is 0 Å². The van der Waals surface area contributed by atoms with Crippen molar-refractivity contribution in [3.05, 3.63) is 12.2 Å². The van der Waals surface area contributed by atoms with Crippen molar-refractivity contribution in [1.29, 1.82) is 0 Å². The first-order valence-corrected chi connectivity index (χ1v) is 5.58. The van der Waals surface area contributed by atoms with Crippen LogP contribution < -0.4 is 0 Å². The van der Waals surface area contributed by atoms with E-state index in [9.17, 15) is 4.79 Å². The van der Waals surface area contributed by atoms with Gasteiger partial charge >= 0.3 is 5.97 Å². The Kier molecular flexibility index (Phi) is 3.10. The van der Waals surface area contributed by atoms with Gasteiger partial charge in [-0.2, -0.15) is 0 Å². The van der Waals surface area contributed by atoms with Gasteiger partial charge in [0.15, 0.2) is 0 Å². The Morgan fingerprint density at radius 3 is 2.73 bits per heavy atom. The van der Waals surface area contributed by atoms with Crippen LogP contribution in [-0.4, -0.2) is 25.8 Å². The van der Waals surface area contributed by atoms with Crippen molar-refractivity contribution in [3.63, 3.8) is 0 Å². The molecule has 2 saturated carbocycles. The molecule has 15 heavy (non-hydrogen) atoms. The Labute approximate surface area is 90.4 Å². The third-order valence-corrected chi connectivity index (χ3v) is 3.54. The molecule has 0 aromatic carbocycles. The highest BCUT2D eigenvalue weighted by Crippen LogP contribution is 2.45. The van der Waals surface area contributed by atoms with Gasteiger partial charge in [-0.25, -0.2) is 4.79 Å². The minimum atomic E-state index is -0.283. The minimum Gasteiger partial charge on any atom is -0.459 e. The number of esters is 1. The lowest BCUT2D eigenvalue weighted by Crippen LogP contribution is -2.25. The summed E-state index contributed by atoms with van der Waals surface area (Å²) in [6, 6.07) is 0. The molecule has 0 aromatic heterocycles. The Morgan fingerprint density at radius 1 is 1.40 bits per heavy atom. The summed E-state index contributed by atoms with van der Waals surface area (Å²) in [7, 11) is 1.55. The van der Waals surface area contributed by atoms with Gasteiger partial charge in [0.2, 0.25) is 0 Å². The van der Waals surface area contributed by atoms with Crippen molar-refractivity contribution in [1.82, 2.24) is 0 Å². The normalized spacial score (nSPS) is 33.0. The fraction of sp³-hybridized carbons (Fsp3) is 0.750. The standard InChI is InChI=1S/C12H18O3/c1-8(7-14-2)12(13)15-11-6-9-3-4-10(11)5-9/h9-11H,1,3-7H2,2H3. The number of carbonyl (C=O) groups excluding carboxylic acids is 1. The molecule has 2 rings (SSSR count). The van der Waals surface area contributed by atoms with Gasteiger partial charge in [0, 0.05) is 7.11 Å². The molecule has 3 unspecified atom stereocenters. The molecule has 3 atom stereocenters. The van der Waals surface area contributed by atoms with E-state index in [0.29, 0.717) is 11.5 Å². The third kappa shape index (κ3) is 2.23. The monoisotopic (exact) mass is 210 g/mol. The zero-order valence-corrected chi connectivity index (χ0v) is 9.20. The van der Waals surface area contributed by atoms with Crippen LogP contribution in [0.25, 0.3) is 0 Å². The van der Waals surface area contributed by atoms with E-state index >= 15 is 0 Å². The predicted octanol–water partition coefficient (Wildman–Crippen LogP) is 1.92. The van der Waals surface area contributed by atoms with E-state index in [4.69, 9.17) is 9.47 Å². The van der Waals surface area contributed by atoms with Crippen molar-refractivity contribution in [2.75, 3.05) is 13.7 Å². The lowest BCUT2D eigenvalue weighted by Gasteiger charge is -2.22. The second kappa shape index (κ2) is 4.35. The molecule has 3 heteroatoms. The lowest BCUT2D eigenvalue weighted by atomic mass is 9.98. The summed E-state index contributed by atoms with van der Waals surface area (Å²) in [6.07, 6.45) is 4.98. The summed E-state index contributed by atoms with van der Waals surface area (Å²) < 4.78 is 10.3. The summed E-state index contributed by atoms with van der Waals surface area (Å²) in [4.78, 5) is 11.6. The topological polar surface area (TPSA) is 35.5 Å². The van der Waals surface area contributed by atoms with E-state index in [2.05, 4.69) is 6.58 Å². The van der Waals surface area contributed by atoms with Gasteiger partial charge < -0.3 is 9.47 Å². The smallest absolute Gasteiger partial charge is 0.336 e. The molecule has 0 aliphatic heterocycles. The molecule has 0 radical (unpaired) electrons. The van der Waals surface area contributed by atoms with Gasteiger partial charge in [-0.05, 0) is 37.5 Å². The molecule has 0 spiro atoms. The Morgan fingerprint density at radius 2 is 2.20 bits per heavy atom. The fourth-order valence-corrected chi connectivity index (χ4v) is 2.78. The Bertz CT molecular complexity index is 272. The maximum absolute atomic E-state index is 11.6. The van der Waals surface area contributed by atoms with Crippen LogP contribution in [0, 0.1) is 11.8 Å². The summed E-state index contributed by atoms with van der Waals surface area (Å²) >= 11 is 0. The Hall–Kier alpha value is -0.830. The van der Waals surface area contributed by atoms with E-state index in [0.717, 1.165) is 12.3 Å². The van der Waals surface area contributed by atoms with Gasteiger partial charge in [0.05, 0.1) is 12.2 Å². The zero-order chi connectivity index (χ0) is 10.8. The van der Waals surface area contributed by atoms with Gasteiger partial charge in [-0.3, -0.25) is 0 Å². The first-order chi connectivity index (χ1) is 7.20. The van der Waals surface area contributed by atoms with Crippen LogP contribution in [0.4, 0.5) is 0 Å². The summed E-state index contributed by atoms with van der Waals surface area (Å²) in [5, 5.41) is 0. The molecule has 2 bridgehead atoms. The van der Waals surface area contributed by atoms with Crippen LogP contribution in [0.3, 0.4) is 0 Å². The van der Waals surface area contributed by atoms with Gasteiger partial charge in [-0.1, -0.05) is 6.58 Å². The van der Waals surface area contributed by atoms with Crippen molar-refractivity contribution < 1.29 is 14.3 Å². The number of hydrogen-bond donors (Lipinski definition) is 0. The second-order valence-corrected chi connectivity index (χ2v) is 4.66. The van der Waals surface area contributed by atoms with Crippen LogP contribution in [-0.2, 0) is 14.3 Å². The van der Waals surface area contributed by atoms with Crippen LogP contribution in [0.15, 0.2) is 12.2 Å². The quantitative estimate of drug-likeness (QED) is 0.525. The van der Waals surface area contributed by atoms with Crippen LogP contribution in [0.2, 0.25) is 0 Å². The zero-order valence-electron chi connectivity index (χ0n) is 9.20. The first-order valence-electron chi connectivity index (χ1n) is 5.58. The van der Waals surface area contributed by atoms with Crippen molar-refractivity contribution in [3.8, 4) is 0 Å². The Balaban J connectivity index is 1.82. The number of carbonyl (C=O) groups is 1. The van der Waals surface area contributed by atoms with E-state index in [1.165, 1.54) is 19.3 Å². The number of ether oxygens (including phenoxy) is 2. The van der Waals surface area contributed by atoms with Gasteiger partial charge in [-0.15, -0.1) is 0 Å². The van der Waals surface area contributed by atoms with Crippen molar-refractivity contribution in [2.24, 2.45) is 11.8 Å². The molecule has 3 nitrogen and oxygen atoms in total. The van der Waals surface area contributed by atoms with E-state index in [1.54, 1.807) is 7.11 Å². The van der Waals surface area contributed by atoms with E-state index in [1.807, 2.05) is 0 Å². The molecule has 0 amide bonds. The fourth-order valence-electron chi connectivity index (χ4n) is 2.78. The van der Waals surface area contributed by atoms with Gasteiger partial charge in [0.1, 0.15) is 6.10 Å². The number of rotatable bonds is 4. The second-order valence-electron chi connectivity index (χ2n) is 4.66. The molecule has 2 aliphatic carbocycles. The average Bonchev–Trinajstić information content (AvgIpc) is 2.79. The average molecular weight is 210 g/mol. The molecule has 0 saturated heterocycles. The summed E-state index contributed by atoms with van der Waals surface area (Å²) in [5.41, 5.74) is 0.417. The largest absolute Gasteiger partial charge is 0.459 e. The van der Waals surface area contributed by atoms with Crippen molar-refractivity contribution in [2.45, 2.75) is 31.8 Å². The highest BCUT2D eigenvalue weighted by molar-refractivity contribution is 5.88. The molecule has 0 aromatic rings. The number of hydrogen-bond acceptors (Lipinski definition) is 3. The molecule has 2 fully saturated rings. The van der Waals surface area contributed by atoms with Crippen molar-refractivity contribution >= 4 is 5.97 Å². The summed E-state index contributed by atoms with van der Waals surface area (Å²) in [6.45, 7) is 3.91. The van der Waals surface area contributed by atoms with E-state index in [-0.39, 0.29) is 18.7 Å². The van der Waals surface area contributed by atoms with Crippen LogP contribution >= 0.6 is 0 Å². The van der Waals surface area contributed by atoms with Crippen LogP contribution in [0.1, 0.15) is 25.7 Å². The predicted molar refractivity (Wildman–Crippen MR) is 56.3 cm³/mol. The summed E-state index contributed by atoms with van der Waals surface area (Å²) in [5.74, 6) is 1.12. The molecule has 2 aliphatic rings. The molecule has 0 heterocycles. The lowest BCUT2D eigenvalue weighted by molar-refractivity contribution is -0.147. The molecule has 0 N–H and O–H groups in total. The minimum absolute atomic E-state index is 0.143.